The predicted molar refractivity (Wildman–Crippen MR) is 45.1 cm³/mol. The maximum atomic E-state index is 9.76. The maximum Gasteiger partial charge on any atom is 0.0677 e. The van der Waals surface area contributed by atoms with Crippen LogP contribution in [0.3, 0.4) is 0 Å². The molecule has 1 fully saturated rings. The Hall–Kier alpha value is -0.0800. The highest BCUT2D eigenvalue weighted by Gasteiger charge is 2.38. The lowest BCUT2D eigenvalue weighted by Gasteiger charge is -2.30. The first-order valence-electron chi connectivity index (χ1n) is 4.33. The van der Waals surface area contributed by atoms with E-state index in [0.717, 1.165) is 13.0 Å². The third kappa shape index (κ3) is 1.74. The number of rotatable bonds is 1. The van der Waals surface area contributed by atoms with Gasteiger partial charge in [-0.15, -0.1) is 0 Å². The SMILES string of the molecule is [CH2-][NH+]1CC[C@H](C(C)(C)O)[C@@H]1C. The summed E-state index contributed by atoms with van der Waals surface area (Å²) in [6.07, 6.45) is 1.10. The summed E-state index contributed by atoms with van der Waals surface area (Å²) in [7, 11) is 3.99. The van der Waals surface area contributed by atoms with Crippen LogP contribution < -0.4 is 4.90 Å². The van der Waals surface area contributed by atoms with Gasteiger partial charge in [0.2, 0.25) is 0 Å². The van der Waals surface area contributed by atoms with Crippen molar-refractivity contribution in [1.29, 1.82) is 0 Å². The second-order valence-corrected chi connectivity index (χ2v) is 4.25. The molecular formula is C9H19NO. The Morgan fingerprint density at radius 2 is 2.09 bits per heavy atom. The Kier molecular flexibility index (Phi) is 2.26. The van der Waals surface area contributed by atoms with Crippen LogP contribution in [0.4, 0.5) is 0 Å². The highest BCUT2D eigenvalue weighted by atomic mass is 16.3. The van der Waals surface area contributed by atoms with E-state index in [9.17, 15) is 5.11 Å². The van der Waals surface area contributed by atoms with Crippen LogP contribution in [0.25, 0.3) is 0 Å². The average Bonchev–Trinajstić information content (AvgIpc) is 2.11. The largest absolute Gasteiger partial charge is 0.465 e. The van der Waals surface area contributed by atoms with Crippen molar-refractivity contribution in [3.63, 3.8) is 0 Å². The van der Waals surface area contributed by atoms with Crippen molar-refractivity contribution in [3.8, 4) is 0 Å². The third-order valence-corrected chi connectivity index (χ3v) is 2.93. The molecule has 0 bridgehead atoms. The number of hydrogen-bond donors (Lipinski definition) is 2. The first-order valence-corrected chi connectivity index (χ1v) is 4.33. The van der Waals surface area contributed by atoms with Gasteiger partial charge < -0.3 is 10.0 Å². The molecule has 0 aromatic heterocycles. The first-order chi connectivity index (χ1) is 4.93. The van der Waals surface area contributed by atoms with Gasteiger partial charge in [-0.3, -0.25) is 0 Å². The Bertz CT molecular complexity index is 139. The smallest absolute Gasteiger partial charge is 0.0677 e. The lowest BCUT2D eigenvalue weighted by Crippen LogP contribution is -3.08. The third-order valence-electron chi connectivity index (χ3n) is 2.93. The minimum absolute atomic E-state index is 0.412. The molecule has 0 amide bonds. The summed E-state index contributed by atoms with van der Waals surface area (Å²) in [5, 5.41) is 9.76. The highest BCUT2D eigenvalue weighted by Crippen LogP contribution is 2.24. The molecule has 0 spiro atoms. The molecule has 0 saturated carbocycles. The zero-order chi connectivity index (χ0) is 8.65. The molecule has 2 heteroatoms. The summed E-state index contributed by atoms with van der Waals surface area (Å²) >= 11 is 0. The van der Waals surface area contributed by atoms with Gasteiger partial charge in [0.25, 0.3) is 0 Å². The second kappa shape index (κ2) is 2.76. The molecule has 1 heterocycles. The van der Waals surface area contributed by atoms with Crippen molar-refractivity contribution in [2.75, 3.05) is 6.54 Å². The summed E-state index contributed by atoms with van der Waals surface area (Å²) < 4.78 is 0. The lowest BCUT2D eigenvalue weighted by atomic mass is 9.85. The standard InChI is InChI=1S/C9H19NO/c1-7-8(9(2,3)11)5-6-10(7)4/h7-8,10-11H,4-6H2,1-3H3/t7-,8-/m0/s1. The Balaban J connectivity index is 2.62. The monoisotopic (exact) mass is 157 g/mol. The van der Waals surface area contributed by atoms with Crippen molar-refractivity contribution in [1.82, 2.24) is 0 Å². The molecule has 0 radical (unpaired) electrons. The number of quaternary nitrogens is 1. The van der Waals surface area contributed by atoms with Crippen molar-refractivity contribution in [3.05, 3.63) is 7.05 Å². The minimum Gasteiger partial charge on any atom is -0.465 e. The first kappa shape index (κ1) is 9.01. The van der Waals surface area contributed by atoms with E-state index in [2.05, 4.69) is 14.0 Å². The Morgan fingerprint density at radius 1 is 1.55 bits per heavy atom. The molecule has 1 aliphatic heterocycles. The van der Waals surface area contributed by atoms with E-state index in [1.54, 1.807) is 0 Å². The normalized spacial score (nSPS) is 39.5. The van der Waals surface area contributed by atoms with Crippen LogP contribution in [0.2, 0.25) is 0 Å². The molecule has 66 valence electrons. The average molecular weight is 157 g/mol. The topological polar surface area (TPSA) is 24.7 Å². The van der Waals surface area contributed by atoms with Crippen LogP contribution in [0, 0.1) is 13.0 Å². The predicted octanol–water partition coefficient (Wildman–Crippen LogP) is -0.158. The van der Waals surface area contributed by atoms with Gasteiger partial charge in [0.1, 0.15) is 0 Å². The molecule has 2 nitrogen and oxygen atoms in total. The van der Waals surface area contributed by atoms with Gasteiger partial charge in [-0.05, 0) is 20.8 Å². The fourth-order valence-corrected chi connectivity index (χ4v) is 2.07. The van der Waals surface area contributed by atoms with E-state index >= 15 is 0 Å². The number of nitrogens with one attached hydrogen (secondary N) is 1. The molecule has 11 heavy (non-hydrogen) atoms. The molecule has 1 unspecified atom stereocenters. The molecule has 0 aromatic carbocycles. The second-order valence-electron chi connectivity index (χ2n) is 4.25. The zero-order valence-electron chi connectivity index (χ0n) is 7.72. The van der Waals surface area contributed by atoms with Gasteiger partial charge in [0.15, 0.2) is 0 Å². The van der Waals surface area contributed by atoms with Crippen molar-refractivity contribution in [2.24, 2.45) is 5.92 Å². The Morgan fingerprint density at radius 3 is 2.27 bits per heavy atom. The van der Waals surface area contributed by atoms with E-state index < -0.39 is 5.60 Å². The molecule has 0 aromatic rings. The quantitative estimate of drug-likeness (QED) is 0.508. The van der Waals surface area contributed by atoms with Crippen LogP contribution >= 0.6 is 0 Å². The molecule has 1 rings (SSSR count). The van der Waals surface area contributed by atoms with Gasteiger partial charge in [0.05, 0.1) is 18.2 Å². The van der Waals surface area contributed by atoms with Crippen LogP contribution in [-0.4, -0.2) is 23.3 Å². The van der Waals surface area contributed by atoms with E-state index in [1.165, 1.54) is 4.90 Å². The van der Waals surface area contributed by atoms with Crippen molar-refractivity contribution in [2.45, 2.75) is 38.8 Å². The van der Waals surface area contributed by atoms with Crippen LogP contribution in [-0.2, 0) is 0 Å². The van der Waals surface area contributed by atoms with Crippen LogP contribution in [0.5, 0.6) is 0 Å². The van der Waals surface area contributed by atoms with Crippen LogP contribution in [0.1, 0.15) is 27.2 Å². The Labute approximate surface area is 69.2 Å². The molecule has 0 aliphatic carbocycles. The number of likely N-dealkylation sites (tertiary alicyclic amines) is 1. The van der Waals surface area contributed by atoms with E-state index in [0.29, 0.717) is 12.0 Å². The van der Waals surface area contributed by atoms with Gasteiger partial charge in [0, 0.05) is 12.3 Å². The van der Waals surface area contributed by atoms with Gasteiger partial charge in [-0.2, -0.15) is 7.05 Å². The maximum absolute atomic E-state index is 9.76. The highest BCUT2D eigenvalue weighted by molar-refractivity contribution is 4.84. The zero-order valence-corrected chi connectivity index (χ0v) is 7.72. The molecule has 2 N–H and O–H groups in total. The molecule has 1 aliphatic rings. The van der Waals surface area contributed by atoms with Crippen molar-refractivity contribution >= 4 is 0 Å². The van der Waals surface area contributed by atoms with Crippen LogP contribution in [0.15, 0.2) is 0 Å². The summed E-state index contributed by atoms with van der Waals surface area (Å²) in [6, 6.07) is 0.495. The summed E-state index contributed by atoms with van der Waals surface area (Å²) in [5.41, 5.74) is -0.529. The number of hydrogen-bond acceptors (Lipinski definition) is 1. The fourth-order valence-electron chi connectivity index (χ4n) is 2.07. The molecule has 3 atom stereocenters. The van der Waals surface area contributed by atoms with Gasteiger partial charge in [-0.1, -0.05) is 0 Å². The van der Waals surface area contributed by atoms with E-state index in [1.807, 2.05) is 13.8 Å². The fraction of sp³-hybridized carbons (Fsp3) is 0.889. The number of aliphatic hydroxyl groups is 1. The van der Waals surface area contributed by atoms with E-state index in [-0.39, 0.29) is 0 Å². The molecular weight excluding hydrogens is 138 g/mol. The molecule has 1 saturated heterocycles. The summed E-state index contributed by atoms with van der Waals surface area (Å²) in [4.78, 5) is 1.30. The van der Waals surface area contributed by atoms with Crippen molar-refractivity contribution < 1.29 is 10.0 Å². The summed E-state index contributed by atoms with van der Waals surface area (Å²) in [5.74, 6) is 0.412. The lowest BCUT2D eigenvalue weighted by molar-refractivity contribution is -0.867. The minimum atomic E-state index is -0.529. The van der Waals surface area contributed by atoms with E-state index in [4.69, 9.17) is 0 Å². The van der Waals surface area contributed by atoms with Gasteiger partial charge >= 0.3 is 0 Å². The van der Waals surface area contributed by atoms with Gasteiger partial charge in [-0.25, -0.2) is 0 Å². The summed E-state index contributed by atoms with van der Waals surface area (Å²) in [6.45, 7) is 7.05.